The van der Waals surface area contributed by atoms with Crippen LogP contribution in [-0.4, -0.2) is 275 Å². The van der Waals surface area contributed by atoms with E-state index in [9.17, 15) is 47.9 Å². The summed E-state index contributed by atoms with van der Waals surface area (Å²) in [6, 6.07) is 20.7. The number of halogens is 6. The molecule has 3 aromatic carbocycles. The molecule has 0 saturated carbocycles. The highest BCUT2D eigenvalue weighted by atomic mass is 35.6. The number of alkyl halides is 6. The van der Waals surface area contributed by atoms with Crippen LogP contribution in [0.3, 0.4) is 0 Å². The highest BCUT2D eigenvalue weighted by Gasteiger charge is 2.67. The quantitative estimate of drug-likeness (QED) is 0.0231. The number of methoxy groups -OCH3 is 1. The summed E-state index contributed by atoms with van der Waals surface area (Å²) >= 11 is 36.7. The fourth-order valence-electron chi connectivity index (χ4n) is 14.5. The van der Waals surface area contributed by atoms with Crippen LogP contribution < -0.4 is 16.0 Å². The molecule has 23 atom stereocenters. The smallest absolute Gasteiger partial charge is 0.465 e. The van der Waals surface area contributed by atoms with Crippen molar-refractivity contribution in [3.8, 4) is 0 Å². The SMILES string of the molecule is COC(=O)[C@@]1(O[C@H]2[C@@H](O[C@@H]3O[C@@H]4COC(c5ccccc5)O[C@@H]4[C@H](OC(=O)OCC(Cl)(Cl)Cl)[C@H]3NC(=O)OCC(Cl)(Cl)Cl)[C@@H](COCc3ccccc3)O[C@@H](OCC[Si](C)(C)C)[C@@H]2OCc2ccccc2)C[C@H](OC(C)=O)[C@@H](NC(C)=O)[C@H]([C@H](OC(C)=O)[C@H]2COC(=O)[C@]3(C[C@H](OC(C)=O)[C@@H](NC(C)=O)[C@H]([C@H](OC(C)=O)[C@@H](COC(C)=O)OC(C)=O)O3)O2)O1. The van der Waals surface area contributed by atoms with Crippen molar-refractivity contribution < 1.29 is 166 Å². The van der Waals surface area contributed by atoms with Gasteiger partial charge in [-0.3, -0.25) is 38.4 Å². The van der Waals surface area contributed by atoms with E-state index >= 15 is 9.59 Å². The maximum Gasteiger partial charge on any atom is 0.508 e. The Labute approximate surface area is 743 Å². The largest absolute Gasteiger partial charge is 0.508 e. The van der Waals surface area contributed by atoms with Crippen molar-refractivity contribution in [2.45, 2.75) is 255 Å². The summed E-state index contributed by atoms with van der Waals surface area (Å²) in [4.78, 5) is 168. The molecule has 9 rings (SSSR count). The van der Waals surface area contributed by atoms with E-state index < -0.39 is 280 Å². The van der Waals surface area contributed by atoms with Gasteiger partial charge in [0.05, 0.1) is 58.5 Å². The van der Waals surface area contributed by atoms with Gasteiger partial charge < -0.3 is 125 Å². The second-order valence-electron chi connectivity index (χ2n) is 30.7. The lowest BCUT2D eigenvalue weighted by Crippen LogP contribution is -2.74. The Bertz CT molecular complexity index is 4160. The van der Waals surface area contributed by atoms with Crippen molar-refractivity contribution in [2.24, 2.45) is 0 Å². The minimum Gasteiger partial charge on any atom is -0.465 e. The van der Waals surface area contributed by atoms with Gasteiger partial charge in [0.25, 0.3) is 11.6 Å². The average Bonchev–Trinajstić information content (AvgIpc) is 0.734. The molecule has 3 N–H and O–H groups in total. The van der Waals surface area contributed by atoms with E-state index in [0.717, 1.165) is 62.5 Å². The molecule has 6 aliphatic heterocycles. The number of ether oxygens (including phenoxy) is 23. The monoisotopic (exact) mass is 1890 g/mol. The van der Waals surface area contributed by atoms with Crippen molar-refractivity contribution in [3.63, 3.8) is 0 Å². The van der Waals surface area contributed by atoms with Crippen LogP contribution in [0.1, 0.15) is 91.2 Å². The first-order valence-corrected chi connectivity index (χ1v) is 45.0. The molecule has 6 fully saturated rings. The summed E-state index contributed by atoms with van der Waals surface area (Å²) in [5, 5.41) is 7.84. The zero-order valence-electron chi connectivity index (χ0n) is 69.3. The fourth-order valence-corrected chi connectivity index (χ4v) is 15.5. The van der Waals surface area contributed by atoms with Crippen LogP contribution in [0.5, 0.6) is 0 Å². The lowest BCUT2D eigenvalue weighted by molar-refractivity contribution is -0.402. The van der Waals surface area contributed by atoms with Crippen molar-refractivity contribution >= 4 is 149 Å². The molecule has 0 radical (unpaired) electrons. The predicted octanol–water partition coefficient (Wildman–Crippen LogP) is 7.15. The zero-order valence-corrected chi connectivity index (χ0v) is 74.9. The number of nitrogens with one attached hydrogen (secondary N) is 3. The zero-order chi connectivity index (χ0) is 90.8. The van der Waals surface area contributed by atoms with Crippen LogP contribution >= 0.6 is 69.6 Å². The summed E-state index contributed by atoms with van der Waals surface area (Å²) in [7, 11) is -1.18. The summed E-state index contributed by atoms with van der Waals surface area (Å²) in [5.74, 6) is -17.5. The normalized spacial score (nSPS) is 29.5. The number of benzene rings is 3. The number of carbonyl (C=O) groups is 12. The van der Waals surface area contributed by atoms with Gasteiger partial charge in [-0.05, 0) is 17.2 Å². The molecule has 0 aliphatic carbocycles. The van der Waals surface area contributed by atoms with Gasteiger partial charge in [-0.1, -0.05) is 180 Å². The van der Waals surface area contributed by atoms with Gasteiger partial charge in [-0.25, -0.2) is 19.2 Å². The van der Waals surface area contributed by atoms with Crippen LogP contribution in [-0.2, 0) is 170 Å². The van der Waals surface area contributed by atoms with Crippen LogP contribution in [0, 0.1) is 0 Å². The second kappa shape index (κ2) is 44.9. The molecule has 1 unspecified atom stereocenters. The summed E-state index contributed by atoms with van der Waals surface area (Å²) in [6.07, 6.45) is -38.7. The lowest BCUT2D eigenvalue weighted by Gasteiger charge is -2.54. The number of rotatable bonds is 34. The molecule has 45 heteroatoms. The van der Waals surface area contributed by atoms with E-state index in [0.29, 0.717) is 22.7 Å². The number of hydrogen-bond acceptors (Lipinski definition) is 35. The van der Waals surface area contributed by atoms with E-state index in [-0.39, 0.29) is 19.8 Å². The first kappa shape index (κ1) is 100. The van der Waals surface area contributed by atoms with Gasteiger partial charge in [-0.15, -0.1) is 0 Å². The molecule has 1 spiro atoms. The Balaban J connectivity index is 1.28. The topological polar surface area (TPSA) is 453 Å². The molecular weight excluding hydrogens is 1790 g/mol. The molecule has 3 aromatic rings. The molecule has 124 heavy (non-hydrogen) atoms. The molecule has 686 valence electrons. The Morgan fingerprint density at radius 2 is 1.15 bits per heavy atom. The highest BCUT2D eigenvalue weighted by Crippen LogP contribution is 2.47. The van der Waals surface area contributed by atoms with Crippen LogP contribution in [0.15, 0.2) is 91.0 Å². The third kappa shape index (κ3) is 28.9. The van der Waals surface area contributed by atoms with Gasteiger partial charge >= 0.3 is 60.0 Å². The number of esters is 8. The molecule has 6 heterocycles. The standard InChI is InChI=1S/C79H99Cl6N3O35Si/c1-40(89)86-57-52(111-44(5)93)31-77(122-65(57)61(113-46(7)95)54(112-45(6)94)35-104-42(3)91)73(98)107-37-56(120-77)63(114-47(8)96)66-58(87-41(2)90)51(110-43(4)92)30-76(121-66,72(97)101-9)123-67-62(53(34-102-32-48-22-16-13-17-23-48)116-71(103-28-29-124(10,11)12)68(67)105-33-49-24-18-14-19-25-49)118-70-59(88-74(99)108-38-78(80,81)82)64(119-75(100)109-39-79(83,84)85)60-55(115-70)36-106-69(117-60)50-26-20-15-21-27-50/h13-27,51-71H,28-39H2,1-12H3,(H,86,89)(H,87,90)(H,88,99)/t51-,52-,53+,54+,55+,56+,57+,58+,59+,60-,61+,62-,63+,64+,65+,66+,67-,68+,69?,70-,71+,76-,77+/m0/s1. The average molecular weight is 1890 g/mol. The number of carbonyl (C=O) groups excluding carboxylic acids is 12. The maximum atomic E-state index is 16.1. The number of amides is 3. The van der Waals surface area contributed by atoms with Crippen LogP contribution in [0.25, 0.3) is 0 Å². The Morgan fingerprint density at radius 1 is 0.565 bits per heavy atom. The van der Waals surface area contributed by atoms with Crippen molar-refractivity contribution in [3.05, 3.63) is 108 Å². The molecule has 0 bridgehead atoms. The number of fused-ring (bicyclic) bond motifs is 1. The molecule has 38 nitrogen and oxygen atoms in total. The first-order valence-electron chi connectivity index (χ1n) is 39.0. The first-order chi connectivity index (χ1) is 58.4. The minimum absolute atomic E-state index is 0.0491. The van der Waals surface area contributed by atoms with Gasteiger partial charge in [0.1, 0.15) is 99.6 Å². The molecule has 3 amide bonds. The van der Waals surface area contributed by atoms with E-state index in [1.165, 1.54) is 0 Å². The van der Waals surface area contributed by atoms with Crippen molar-refractivity contribution in [2.75, 3.05) is 53.4 Å². The predicted molar refractivity (Wildman–Crippen MR) is 429 cm³/mol. The van der Waals surface area contributed by atoms with Crippen LogP contribution in [0.2, 0.25) is 25.7 Å². The molecule has 6 saturated heterocycles. The lowest BCUT2D eigenvalue weighted by atomic mass is 9.86. The van der Waals surface area contributed by atoms with E-state index in [1.54, 1.807) is 91.0 Å². The van der Waals surface area contributed by atoms with Crippen molar-refractivity contribution in [1.29, 1.82) is 0 Å². The van der Waals surface area contributed by atoms with Gasteiger partial charge in [0.2, 0.25) is 19.4 Å². The Morgan fingerprint density at radius 3 is 1.71 bits per heavy atom. The van der Waals surface area contributed by atoms with Crippen molar-refractivity contribution in [1.82, 2.24) is 16.0 Å². The Hall–Kier alpha value is -7.62. The Kier molecular flexibility index (Phi) is 36.3. The summed E-state index contributed by atoms with van der Waals surface area (Å²) in [6.45, 7) is 8.71. The maximum absolute atomic E-state index is 16.1. The third-order valence-electron chi connectivity index (χ3n) is 19.4. The minimum atomic E-state index is -3.23. The summed E-state index contributed by atoms with van der Waals surface area (Å²) < 4.78 is 141. The van der Waals surface area contributed by atoms with Gasteiger partial charge in [0.15, 0.2) is 43.3 Å². The fraction of sp³-hybridized carbons (Fsp3) is 0.620. The molecular formula is C79H99Cl6N3O35Si. The molecule has 6 aliphatic rings. The van der Waals surface area contributed by atoms with E-state index in [1.807, 2.05) is 0 Å². The van der Waals surface area contributed by atoms with Gasteiger partial charge in [0, 0.05) is 75.6 Å². The third-order valence-corrected chi connectivity index (χ3v) is 21.8. The second-order valence-corrected chi connectivity index (χ2v) is 41.3. The van der Waals surface area contributed by atoms with E-state index in [2.05, 4.69) is 35.6 Å². The summed E-state index contributed by atoms with van der Waals surface area (Å²) in [5.41, 5.74) is 1.59. The molecule has 0 aromatic heterocycles. The van der Waals surface area contributed by atoms with Gasteiger partial charge in [-0.2, -0.15) is 0 Å². The number of cyclic esters (lactones) is 1. The van der Waals surface area contributed by atoms with Crippen LogP contribution in [0.4, 0.5) is 9.59 Å². The van der Waals surface area contributed by atoms with E-state index in [4.69, 9.17) is 179 Å². The number of hydrogen-bond donors (Lipinski definition) is 3. The highest BCUT2D eigenvalue weighted by molar-refractivity contribution is 6.76. The number of alkyl carbamates (subject to hydrolysis) is 1.